The Balaban J connectivity index is 1.62. The van der Waals surface area contributed by atoms with Crippen LogP contribution < -0.4 is 4.74 Å². The topological polar surface area (TPSA) is 68.5 Å². The van der Waals surface area contributed by atoms with Gasteiger partial charge in [-0.2, -0.15) is 4.98 Å². The summed E-state index contributed by atoms with van der Waals surface area (Å²) in [5, 5.41) is 4.01. The van der Waals surface area contributed by atoms with Crippen molar-refractivity contribution in [2.75, 3.05) is 7.05 Å². The highest BCUT2D eigenvalue weighted by molar-refractivity contribution is 5.80. The Morgan fingerprint density at radius 3 is 2.56 bits per heavy atom. The van der Waals surface area contributed by atoms with Gasteiger partial charge < -0.3 is 14.2 Å². The van der Waals surface area contributed by atoms with Gasteiger partial charge in [0.1, 0.15) is 5.75 Å². The third-order valence-electron chi connectivity index (χ3n) is 4.14. The SMILES string of the molecule is Cc1cccc(O[C@@H](C)C(=O)N(C)Cc2nc(-c3cccc(C)c3)no2)c1. The molecule has 0 saturated heterocycles. The normalized spacial score (nSPS) is 11.9. The van der Waals surface area contributed by atoms with Crippen molar-refractivity contribution in [3.63, 3.8) is 0 Å². The van der Waals surface area contributed by atoms with E-state index in [1.807, 2.05) is 62.4 Å². The first-order chi connectivity index (χ1) is 12.9. The van der Waals surface area contributed by atoms with E-state index in [2.05, 4.69) is 10.1 Å². The summed E-state index contributed by atoms with van der Waals surface area (Å²) in [5.74, 6) is 1.40. The molecule has 1 aromatic heterocycles. The Bertz CT molecular complexity index is 936. The monoisotopic (exact) mass is 365 g/mol. The van der Waals surface area contributed by atoms with Crippen molar-refractivity contribution < 1.29 is 14.1 Å². The van der Waals surface area contributed by atoms with Crippen LogP contribution in [0.3, 0.4) is 0 Å². The van der Waals surface area contributed by atoms with E-state index in [1.165, 1.54) is 4.90 Å². The predicted molar refractivity (Wildman–Crippen MR) is 102 cm³/mol. The van der Waals surface area contributed by atoms with E-state index >= 15 is 0 Å². The molecule has 0 N–H and O–H groups in total. The van der Waals surface area contributed by atoms with Crippen LogP contribution in [0.1, 0.15) is 23.9 Å². The molecule has 0 aliphatic rings. The number of aryl methyl sites for hydroxylation is 2. The van der Waals surface area contributed by atoms with Gasteiger partial charge >= 0.3 is 0 Å². The number of amides is 1. The number of nitrogens with zero attached hydrogens (tertiary/aromatic N) is 3. The van der Waals surface area contributed by atoms with Crippen molar-refractivity contribution in [1.82, 2.24) is 15.0 Å². The van der Waals surface area contributed by atoms with Crippen LogP contribution in [0.5, 0.6) is 5.75 Å². The summed E-state index contributed by atoms with van der Waals surface area (Å²) in [6.07, 6.45) is -0.615. The van der Waals surface area contributed by atoms with E-state index in [0.29, 0.717) is 17.5 Å². The van der Waals surface area contributed by atoms with E-state index in [9.17, 15) is 4.79 Å². The fourth-order valence-electron chi connectivity index (χ4n) is 2.75. The van der Waals surface area contributed by atoms with Gasteiger partial charge in [0.05, 0.1) is 6.54 Å². The summed E-state index contributed by atoms with van der Waals surface area (Å²) in [7, 11) is 1.69. The maximum atomic E-state index is 12.6. The van der Waals surface area contributed by atoms with Crippen LogP contribution in [0, 0.1) is 13.8 Å². The Kier molecular flexibility index (Phi) is 5.54. The highest BCUT2D eigenvalue weighted by Crippen LogP contribution is 2.18. The van der Waals surface area contributed by atoms with Gasteiger partial charge in [-0.1, -0.05) is 41.1 Å². The molecule has 0 aliphatic carbocycles. The average molecular weight is 365 g/mol. The lowest BCUT2D eigenvalue weighted by Gasteiger charge is -2.20. The minimum absolute atomic E-state index is 0.160. The molecule has 0 aliphatic heterocycles. The molecule has 3 aromatic rings. The number of benzene rings is 2. The lowest BCUT2D eigenvalue weighted by atomic mass is 10.1. The van der Waals surface area contributed by atoms with Crippen LogP contribution in [0.4, 0.5) is 0 Å². The van der Waals surface area contributed by atoms with Crippen molar-refractivity contribution in [3.8, 4) is 17.1 Å². The van der Waals surface area contributed by atoms with E-state index in [0.717, 1.165) is 16.7 Å². The molecule has 0 unspecified atom stereocenters. The van der Waals surface area contributed by atoms with Crippen molar-refractivity contribution >= 4 is 5.91 Å². The average Bonchev–Trinajstić information content (AvgIpc) is 3.09. The molecule has 2 aromatic carbocycles. The number of hydrogen-bond donors (Lipinski definition) is 0. The number of hydrogen-bond acceptors (Lipinski definition) is 5. The number of rotatable bonds is 6. The van der Waals surface area contributed by atoms with Crippen molar-refractivity contribution in [3.05, 3.63) is 65.5 Å². The van der Waals surface area contributed by atoms with Crippen molar-refractivity contribution in [2.45, 2.75) is 33.4 Å². The van der Waals surface area contributed by atoms with Crippen LogP contribution in [-0.2, 0) is 11.3 Å². The van der Waals surface area contributed by atoms with Gasteiger partial charge in [0.2, 0.25) is 11.7 Å². The van der Waals surface area contributed by atoms with Gasteiger partial charge in [-0.15, -0.1) is 0 Å². The van der Waals surface area contributed by atoms with Gasteiger partial charge in [0, 0.05) is 12.6 Å². The van der Waals surface area contributed by atoms with Gasteiger partial charge in [-0.3, -0.25) is 4.79 Å². The molecule has 1 heterocycles. The van der Waals surface area contributed by atoms with Crippen molar-refractivity contribution in [1.29, 1.82) is 0 Å². The second kappa shape index (κ2) is 8.03. The molecule has 1 amide bonds. The number of carbonyl (C=O) groups excluding carboxylic acids is 1. The number of carbonyl (C=O) groups is 1. The van der Waals surface area contributed by atoms with E-state index < -0.39 is 6.10 Å². The standard InChI is InChI=1S/C21H23N3O3/c1-14-7-5-9-17(11-14)20-22-19(27-23-20)13-24(4)21(25)16(3)26-18-10-6-8-15(2)12-18/h5-12,16H,13H2,1-4H3/t16-/m0/s1. The summed E-state index contributed by atoms with van der Waals surface area (Å²) >= 11 is 0. The Morgan fingerprint density at radius 2 is 1.85 bits per heavy atom. The molecular formula is C21H23N3O3. The lowest BCUT2D eigenvalue weighted by Crippen LogP contribution is -2.37. The van der Waals surface area contributed by atoms with Gasteiger partial charge in [0.15, 0.2) is 6.10 Å². The fourth-order valence-corrected chi connectivity index (χ4v) is 2.75. The smallest absolute Gasteiger partial charge is 0.263 e. The van der Waals surface area contributed by atoms with E-state index in [1.54, 1.807) is 14.0 Å². The van der Waals surface area contributed by atoms with Crippen LogP contribution in [-0.4, -0.2) is 34.1 Å². The maximum Gasteiger partial charge on any atom is 0.263 e. The zero-order chi connectivity index (χ0) is 19.4. The molecule has 27 heavy (non-hydrogen) atoms. The molecule has 3 rings (SSSR count). The minimum Gasteiger partial charge on any atom is -0.481 e. The van der Waals surface area contributed by atoms with Gasteiger partial charge in [-0.05, 0) is 44.5 Å². The molecule has 1 atom stereocenters. The third-order valence-corrected chi connectivity index (χ3v) is 4.14. The largest absolute Gasteiger partial charge is 0.481 e. The number of ether oxygens (including phenoxy) is 1. The van der Waals surface area contributed by atoms with Gasteiger partial charge in [-0.25, -0.2) is 0 Å². The molecule has 6 nitrogen and oxygen atoms in total. The highest BCUT2D eigenvalue weighted by Gasteiger charge is 2.21. The summed E-state index contributed by atoms with van der Waals surface area (Å²) < 4.78 is 11.0. The Morgan fingerprint density at radius 1 is 1.15 bits per heavy atom. The Labute approximate surface area is 158 Å². The number of aromatic nitrogens is 2. The summed E-state index contributed by atoms with van der Waals surface area (Å²) in [5.41, 5.74) is 3.08. The molecule has 6 heteroatoms. The highest BCUT2D eigenvalue weighted by atomic mass is 16.5. The first-order valence-electron chi connectivity index (χ1n) is 8.80. The number of likely N-dealkylation sites (N-methyl/N-ethyl adjacent to an activating group) is 1. The predicted octanol–water partition coefficient (Wildman–Crippen LogP) is 3.78. The van der Waals surface area contributed by atoms with Crippen LogP contribution in [0.25, 0.3) is 11.4 Å². The van der Waals surface area contributed by atoms with E-state index in [4.69, 9.17) is 9.26 Å². The molecule has 0 radical (unpaired) electrons. The third kappa shape index (κ3) is 4.73. The first-order valence-corrected chi connectivity index (χ1v) is 8.80. The summed E-state index contributed by atoms with van der Waals surface area (Å²) in [4.78, 5) is 18.5. The second-order valence-corrected chi connectivity index (χ2v) is 6.65. The first kappa shape index (κ1) is 18.6. The van der Waals surface area contributed by atoms with Crippen LogP contribution >= 0.6 is 0 Å². The molecule has 0 bridgehead atoms. The van der Waals surface area contributed by atoms with Crippen LogP contribution in [0.2, 0.25) is 0 Å². The minimum atomic E-state index is -0.615. The summed E-state index contributed by atoms with van der Waals surface area (Å²) in [6.45, 7) is 5.94. The van der Waals surface area contributed by atoms with Crippen molar-refractivity contribution in [2.24, 2.45) is 0 Å². The molecule has 0 saturated carbocycles. The fraction of sp³-hybridized carbons (Fsp3) is 0.286. The van der Waals surface area contributed by atoms with E-state index in [-0.39, 0.29) is 12.5 Å². The quantitative estimate of drug-likeness (QED) is 0.665. The molecule has 140 valence electrons. The summed E-state index contributed by atoms with van der Waals surface area (Å²) in [6, 6.07) is 15.5. The molecule has 0 spiro atoms. The molecule has 0 fully saturated rings. The Hall–Kier alpha value is -3.15. The van der Waals surface area contributed by atoms with Crippen LogP contribution in [0.15, 0.2) is 53.1 Å². The molecular weight excluding hydrogens is 342 g/mol. The lowest BCUT2D eigenvalue weighted by molar-refractivity contribution is -0.137. The maximum absolute atomic E-state index is 12.6. The zero-order valence-electron chi connectivity index (χ0n) is 16.0. The zero-order valence-corrected chi connectivity index (χ0v) is 16.0. The van der Waals surface area contributed by atoms with Gasteiger partial charge in [0.25, 0.3) is 5.91 Å². The second-order valence-electron chi connectivity index (χ2n) is 6.65.